The summed E-state index contributed by atoms with van der Waals surface area (Å²) in [6, 6.07) is 0. The number of hydrogen-bond donors (Lipinski definition) is 0. The standard InChI is InChI=1S/C8H10Si/c1-8(5-6-8)4-2-3-7-9/h5-6H2,1,9H3. The highest BCUT2D eigenvalue weighted by molar-refractivity contribution is 6.22. The molecular formula is C8H10Si. The first kappa shape index (κ1) is 6.46. The van der Waals surface area contributed by atoms with Crippen molar-refractivity contribution in [1.29, 1.82) is 0 Å². The normalized spacial score (nSPS) is 18.8. The van der Waals surface area contributed by atoms with Gasteiger partial charge in [0.1, 0.15) is 0 Å². The molecule has 0 heterocycles. The summed E-state index contributed by atoms with van der Waals surface area (Å²) in [5, 5.41) is 0. The minimum Gasteiger partial charge on any atom is -0.130 e. The van der Waals surface area contributed by atoms with E-state index in [9.17, 15) is 0 Å². The second-order valence-electron chi connectivity index (χ2n) is 2.69. The molecule has 0 saturated heterocycles. The monoisotopic (exact) mass is 134 g/mol. The summed E-state index contributed by atoms with van der Waals surface area (Å²) in [5.74, 6) is 8.79. The van der Waals surface area contributed by atoms with Crippen molar-refractivity contribution in [3.63, 3.8) is 0 Å². The fraction of sp³-hybridized carbons (Fsp3) is 0.500. The van der Waals surface area contributed by atoms with Gasteiger partial charge >= 0.3 is 0 Å². The van der Waals surface area contributed by atoms with Crippen LogP contribution in [0.4, 0.5) is 0 Å². The molecule has 1 rings (SSSR count). The topological polar surface area (TPSA) is 0 Å². The van der Waals surface area contributed by atoms with Gasteiger partial charge in [0.15, 0.2) is 0 Å². The van der Waals surface area contributed by atoms with E-state index in [1.807, 2.05) is 0 Å². The Morgan fingerprint density at radius 2 is 2.00 bits per heavy atom. The second kappa shape index (κ2) is 2.29. The van der Waals surface area contributed by atoms with Crippen LogP contribution in [-0.2, 0) is 0 Å². The van der Waals surface area contributed by atoms with Crippen LogP contribution < -0.4 is 0 Å². The van der Waals surface area contributed by atoms with E-state index in [2.05, 4.69) is 30.2 Å². The predicted octanol–water partition coefficient (Wildman–Crippen LogP) is 0.116. The summed E-state index contributed by atoms with van der Waals surface area (Å²) in [7, 11) is 0.947. The Morgan fingerprint density at radius 3 is 2.44 bits per heavy atom. The molecule has 0 N–H and O–H groups in total. The van der Waals surface area contributed by atoms with Gasteiger partial charge in [-0.05, 0) is 31.6 Å². The molecule has 0 bridgehead atoms. The molecule has 1 aliphatic carbocycles. The molecule has 46 valence electrons. The fourth-order valence-corrected chi connectivity index (χ4v) is 0.682. The molecule has 1 saturated carbocycles. The molecule has 0 aromatic carbocycles. The molecule has 0 nitrogen and oxygen atoms in total. The molecule has 0 unspecified atom stereocenters. The van der Waals surface area contributed by atoms with E-state index in [1.54, 1.807) is 0 Å². The van der Waals surface area contributed by atoms with Gasteiger partial charge in [-0.25, -0.2) is 0 Å². The molecule has 0 radical (unpaired) electrons. The molecule has 0 spiro atoms. The van der Waals surface area contributed by atoms with Crippen LogP contribution in [0.3, 0.4) is 0 Å². The Hall–Kier alpha value is -0.663. The average molecular weight is 134 g/mol. The first-order valence-corrected chi connectivity index (χ1v) is 4.21. The lowest BCUT2D eigenvalue weighted by atomic mass is 10.2. The zero-order valence-electron chi connectivity index (χ0n) is 5.91. The van der Waals surface area contributed by atoms with E-state index in [1.165, 1.54) is 12.8 Å². The molecule has 0 atom stereocenters. The second-order valence-corrected chi connectivity index (χ2v) is 3.19. The molecule has 1 aliphatic rings. The maximum absolute atomic E-state index is 3.13. The molecule has 0 aliphatic heterocycles. The van der Waals surface area contributed by atoms with Crippen molar-refractivity contribution in [3.05, 3.63) is 0 Å². The SMILES string of the molecule is CC1(C#CC#C[SiH3])CC1. The maximum Gasteiger partial charge on any atom is 0.0919 e. The Morgan fingerprint density at radius 1 is 1.33 bits per heavy atom. The molecule has 0 amide bonds. The van der Waals surface area contributed by atoms with Crippen LogP contribution in [0.5, 0.6) is 0 Å². The third kappa shape index (κ3) is 1.96. The first-order valence-electron chi connectivity index (χ1n) is 3.21. The minimum atomic E-state index is 0.353. The van der Waals surface area contributed by atoms with Gasteiger partial charge in [0.25, 0.3) is 0 Å². The Labute approximate surface area is 59.5 Å². The lowest BCUT2D eigenvalue weighted by molar-refractivity contribution is 0.783. The fourth-order valence-electron chi connectivity index (χ4n) is 0.557. The van der Waals surface area contributed by atoms with E-state index in [-0.39, 0.29) is 0 Å². The molecule has 9 heavy (non-hydrogen) atoms. The van der Waals surface area contributed by atoms with Gasteiger partial charge in [0.2, 0.25) is 0 Å². The van der Waals surface area contributed by atoms with Gasteiger partial charge in [0, 0.05) is 5.41 Å². The van der Waals surface area contributed by atoms with Crippen molar-refractivity contribution in [2.75, 3.05) is 0 Å². The number of rotatable bonds is 0. The van der Waals surface area contributed by atoms with E-state index in [0.717, 1.165) is 10.2 Å². The quantitative estimate of drug-likeness (QED) is 0.326. The van der Waals surface area contributed by atoms with E-state index in [0.29, 0.717) is 5.41 Å². The van der Waals surface area contributed by atoms with Gasteiger partial charge in [-0.2, -0.15) is 0 Å². The summed E-state index contributed by atoms with van der Waals surface area (Å²) >= 11 is 0. The highest BCUT2D eigenvalue weighted by Gasteiger charge is 2.34. The smallest absolute Gasteiger partial charge is 0.0919 e. The molecule has 0 aromatic heterocycles. The highest BCUT2D eigenvalue weighted by Crippen LogP contribution is 2.43. The minimum absolute atomic E-state index is 0.353. The Bertz CT molecular complexity index is 214. The average Bonchev–Trinajstić information content (AvgIpc) is 2.50. The van der Waals surface area contributed by atoms with E-state index in [4.69, 9.17) is 0 Å². The van der Waals surface area contributed by atoms with Gasteiger partial charge < -0.3 is 0 Å². The van der Waals surface area contributed by atoms with Crippen molar-refractivity contribution in [2.45, 2.75) is 19.8 Å². The summed E-state index contributed by atoms with van der Waals surface area (Å²) in [5.41, 5.74) is 3.24. The third-order valence-corrected chi connectivity index (χ3v) is 1.80. The molecule has 1 fully saturated rings. The summed E-state index contributed by atoms with van der Waals surface area (Å²) < 4.78 is 0. The zero-order chi connectivity index (χ0) is 6.74. The highest BCUT2D eigenvalue weighted by atomic mass is 28.1. The van der Waals surface area contributed by atoms with Crippen molar-refractivity contribution in [2.24, 2.45) is 5.41 Å². The third-order valence-electron chi connectivity index (χ3n) is 1.55. The largest absolute Gasteiger partial charge is 0.130 e. The van der Waals surface area contributed by atoms with Gasteiger partial charge in [-0.3, -0.25) is 0 Å². The van der Waals surface area contributed by atoms with Crippen molar-refractivity contribution in [3.8, 4) is 23.3 Å². The van der Waals surface area contributed by atoms with Gasteiger partial charge in [-0.1, -0.05) is 5.92 Å². The number of hydrogen-bond acceptors (Lipinski definition) is 0. The van der Waals surface area contributed by atoms with Crippen LogP contribution in [0, 0.1) is 28.7 Å². The van der Waals surface area contributed by atoms with Crippen LogP contribution >= 0.6 is 0 Å². The first-order chi connectivity index (χ1) is 4.27. The van der Waals surface area contributed by atoms with Crippen LogP contribution in [0.15, 0.2) is 0 Å². The van der Waals surface area contributed by atoms with Crippen LogP contribution in [0.1, 0.15) is 19.8 Å². The Kier molecular flexibility index (Phi) is 1.64. The Balaban J connectivity index is 2.48. The zero-order valence-corrected chi connectivity index (χ0v) is 7.91. The summed E-state index contributed by atoms with van der Waals surface area (Å²) in [6.07, 6.45) is 2.53. The maximum atomic E-state index is 3.13. The summed E-state index contributed by atoms with van der Waals surface area (Å²) in [4.78, 5) is 0. The van der Waals surface area contributed by atoms with Crippen molar-refractivity contribution < 1.29 is 0 Å². The predicted molar refractivity (Wildman–Crippen MR) is 42.8 cm³/mol. The van der Waals surface area contributed by atoms with Gasteiger partial charge in [0.05, 0.1) is 10.2 Å². The lowest BCUT2D eigenvalue weighted by Crippen LogP contribution is -1.83. The summed E-state index contributed by atoms with van der Waals surface area (Å²) in [6.45, 7) is 2.19. The van der Waals surface area contributed by atoms with Crippen molar-refractivity contribution >= 4 is 10.2 Å². The van der Waals surface area contributed by atoms with Crippen LogP contribution in [-0.4, -0.2) is 10.2 Å². The van der Waals surface area contributed by atoms with E-state index >= 15 is 0 Å². The van der Waals surface area contributed by atoms with Crippen molar-refractivity contribution in [1.82, 2.24) is 0 Å². The van der Waals surface area contributed by atoms with Gasteiger partial charge in [-0.15, -0.1) is 5.54 Å². The van der Waals surface area contributed by atoms with Crippen LogP contribution in [0.2, 0.25) is 0 Å². The lowest BCUT2D eigenvalue weighted by Gasteiger charge is -1.88. The molecule has 1 heteroatoms. The molecular weight excluding hydrogens is 124 g/mol. The van der Waals surface area contributed by atoms with E-state index < -0.39 is 0 Å². The molecule has 0 aromatic rings. The van der Waals surface area contributed by atoms with Crippen LogP contribution in [0.25, 0.3) is 0 Å².